The Kier molecular flexibility index (Phi) is 5.31. The summed E-state index contributed by atoms with van der Waals surface area (Å²) in [5.41, 5.74) is 0. The van der Waals surface area contributed by atoms with Crippen molar-refractivity contribution >= 4 is 10.0 Å². The summed E-state index contributed by atoms with van der Waals surface area (Å²) in [6.45, 7) is 4.28. The van der Waals surface area contributed by atoms with E-state index in [-0.39, 0.29) is 10.9 Å². The van der Waals surface area contributed by atoms with Crippen molar-refractivity contribution in [1.29, 1.82) is 0 Å². The van der Waals surface area contributed by atoms with Crippen LogP contribution in [0.25, 0.3) is 0 Å². The fourth-order valence-corrected chi connectivity index (χ4v) is 4.62. The van der Waals surface area contributed by atoms with Crippen molar-refractivity contribution in [2.75, 3.05) is 32.8 Å². The lowest BCUT2D eigenvalue weighted by molar-refractivity contribution is 0.148. The maximum absolute atomic E-state index is 13.3. The third-order valence-corrected chi connectivity index (χ3v) is 5.99. The molecule has 0 bridgehead atoms. The first kappa shape index (κ1) is 16.8. The molecule has 0 saturated carbocycles. The summed E-state index contributed by atoms with van der Waals surface area (Å²) in [4.78, 5) is 2.29. The molecule has 23 heavy (non-hydrogen) atoms. The van der Waals surface area contributed by atoms with E-state index in [1.54, 1.807) is 0 Å². The summed E-state index contributed by atoms with van der Waals surface area (Å²) in [5.74, 6) is 0.00737. The van der Waals surface area contributed by atoms with Crippen molar-refractivity contribution in [3.8, 4) is 0 Å². The number of piperidine rings is 1. The first-order valence-electron chi connectivity index (χ1n) is 8.11. The Hall–Kier alpha value is -1.02. The fourth-order valence-electron chi connectivity index (χ4n) is 3.33. The number of ether oxygens (including phenoxy) is 1. The Balaban J connectivity index is 1.60. The van der Waals surface area contributed by atoms with Crippen LogP contribution in [0.5, 0.6) is 0 Å². The number of nitrogens with one attached hydrogen (secondary N) is 1. The molecule has 2 fully saturated rings. The Morgan fingerprint density at radius 3 is 2.96 bits per heavy atom. The van der Waals surface area contributed by atoms with Crippen LogP contribution in [0.2, 0.25) is 0 Å². The average molecular weight is 342 g/mol. The fraction of sp³-hybridized carbons (Fsp3) is 0.625. The van der Waals surface area contributed by atoms with E-state index in [0.717, 1.165) is 51.6 Å². The van der Waals surface area contributed by atoms with E-state index >= 15 is 0 Å². The van der Waals surface area contributed by atoms with Gasteiger partial charge in [-0.25, -0.2) is 17.5 Å². The van der Waals surface area contributed by atoms with Gasteiger partial charge in [-0.2, -0.15) is 0 Å². The molecule has 0 spiro atoms. The number of hydrogen-bond donors (Lipinski definition) is 1. The maximum Gasteiger partial charge on any atom is 0.240 e. The zero-order valence-corrected chi connectivity index (χ0v) is 13.9. The molecule has 1 aromatic carbocycles. The van der Waals surface area contributed by atoms with Crippen LogP contribution >= 0.6 is 0 Å². The van der Waals surface area contributed by atoms with Crippen LogP contribution in [0.1, 0.15) is 19.3 Å². The highest BCUT2D eigenvalue weighted by molar-refractivity contribution is 7.89. The van der Waals surface area contributed by atoms with Crippen LogP contribution in [0.4, 0.5) is 4.39 Å². The highest BCUT2D eigenvalue weighted by atomic mass is 32.2. The molecule has 0 unspecified atom stereocenters. The molecule has 5 nitrogen and oxygen atoms in total. The van der Waals surface area contributed by atoms with Crippen molar-refractivity contribution in [1.82, 2.24) is 9.62 Å². The van der Waals surface area contributed by atoms with Gasteiger partial charge >= 0.3 is 0 Å². The van der Waals surface area contributed by atoms with E-state index in [0.29, 0.717) is 12.5 Å². The molecule has 2 aliphatic rings. The topological polar surface area (TPSA) is 58.6 Å². The zero-order valence-electron chi connectivity index (χ0n) is 13.1. The largest absolute Gasteiger partial charge is 0.381 e. The van der Waals surface area contributed by atoms with Crippen molar-refractivity contribution in [2.45, 2.75) is 30.2 Å². The standard InChI is InChI=1S/C16H23FN2O3S/c17-14-3-1-5-16(9-14)23(20,21)18-15-4-2-7-19(11-15)10-13-6-8-22-12-13/h1,3,5,9,13,15,18H,2,4,6-8,10-12H2/t13-,15-/m1/s1. The van der Waals surface area contributed by atoms with Crippen LogP contribution in [-0.2, 0) is 14.8 Å². The minimum absolute atomic E-state index is 0.0150. The number of sulfonamides is 1. The molecule has 2 heterocycles. The number of benzene rings is 1. The van der Waals surface area contributed by atoms with Crippen LogP contribution in [0, 0.1) is 11.7 Å². The summed E-state index contributed by atoms with van der Waals surface area (Å²) in [6, 6.07) is 5.00. The molecule has 2 atom stereocenters. The first-order valence-corrected chi connectivity index (χ1v) is 9.59. The molecule has 1 N–H and O–H groups in total. The third-order valence-electron chi connectivity index (χ3n) is 4.47. The van der Waals surface area contributed by atoms with E-state index in [1.165, 1.54) is 18.2 Å². The van der Waals surface area contributed by atoms with Gasteiger partial charge in [-0.3, -0.25) is 0 Å². The summed E-state index contributed by atoms with van der Waals surface area (Å²) in [5, 5.41) is 0. The summed E-state index contributed by atoms with van der Waals surface area (Å²) in [7, 11) is -3.67. The van der Waals surface area contributed by atoms with Gasteiger partial charge in [-0.1, -0.05) is 6.07 Å². The first-order chi connectivity index (χ1) is 11.0. The molecule has 0 aromatic heterocycles. The number of likely N-dealkylation sites (tertiary alicyclic amines) is 1. The monoisotopic (exact) mass is 342 g/mol. The highest BCUT2D eigenvalue weighted by Gasteiger charge is 2.27. The second-order valence-corrected chi connectivity index (χ2v) is 8.12. The Labute approximate surface area is 136 Å². The molecule has 0 radical (unpaired) electrons. The van der Waals surface area contributed by atoms with Crippen molar-refractivity contribution < 1.29 is 17.5 Å². The molecule has 2 saturated heterocycles. The molecule has 0 aliphatic carbocycles. The van der Waals surface area contributed by atoms with Gasteiger partial charge in [0, 0.05) is 25.7 Å². The van der Waals surface area contributed by atoms with Gasteiger partial charge in [-0.15, -0.1) is 0 Å². The van der Waals surface area contributed by atoms with E-state index in [2.05, 4.69) is 9.62 Å². The predicted octanol–water partition coefficient (Wildman–Crippen LogP) is 1.60. The maximum atomic E-state index is 13.3. The highest BCUT2D eigenvalue weighted by Crippen LogP contribution is 2.19. The van der Waals surface area contributed by atoms with Gasteiger partial charge in [-0.05, 0) is 49.9 Å². The van der Waals surface area contributed by atoms with Crippen LogP contribution in [-0.4, -0.2) is 52.2 Å². The Morgan fingerprint density at radius 1 is 1.35 bits per heavy atom. The van der Waals surface area contributed by atoms with E-state index < -0.39 is 15.8 Å². The molecule has 1 aromatic rings. The number of nitrogens with zero attached hydrogens (tertiary/aromatic N) is 1. The van der Waals surface area contributed by atoms with Crippen LogP contribution in [0.15, 0.2) is 29.2 Å². The van der Waals surface area contributed by atoms with Gasteiger partial charge < -0.3 is 9.64 Å². The Bertz CT molecular complexity index is 632. The Morgan fingerprint density at radius 2 is 2.22 bits per heavy atom. The van der Waals surface area contributed by atoms with E-state index in [9.17, 15) is 12.8 Å². The number of halogens is 1. The van der Waals surface area contributed by atoms with Gasteiger partial charge in [0.2, 0.25) is 10.0 Å². The minimum Gasteiger partial charge on any atom is -0.381 e. The van der Waals surface area contributed by atoms with Gasteiger partial charge in [0.1, 0.15) is 5.82 Å². The van der Waals surface area contributed by atoms with Crippen molar-refractivity contribution in [3.05, 3.63) is 30.1 Å². The molecular formula is C16H23FN2O3S. The third kappa shape index (κ3) is 4.50. The van der Waals surface area contributed by atoms with Gasteiger partial charge in [0.15, 0.2) is 0 Å². The second-order valence-electron chi connectivity index (χ2n) is 6.41. The summed E-state index contributed by atoms with van der Waals surface area (Å²) in [6.07, 6.45) is 2.85. The smallest absolute Gasteiger partial charge is 0.240 e. The molecule has 128 valence electrons. The number of rotatable bonds is 5. The normalized spacial score (nSPS) is 26.5. The van der Waals surface area contributed by atoms with Crippen molar-refractivity contribution in [2.24, 2.45) is 5.92 Å². The zero-order chi connectivity index (χ0) is 16.3. The second kappa shape index (κ2) is 7.25. The van der Waals surface area contributed by atoms with Crippen molar-refractivity contribution in [3.63, 3.8) is 0 Å². The average Bonchev–Trinajstić information content (AvgIpc) is 3.00. The predicted molar refractivity (Wildman–Crippen MR) is 85.1 cm³/mol. The lowest BCUT2D eigenvalue weighted by Gasteiger charge is -2.34. The van der Waals surface area contributed by atoms with Crippen LogP contribution < -0.4 is 4.72 Å². The van der Waals surface area contributed by atoms with E-state index in [1.807, 2.05) is 0 Å². The lowest BCUT2D eigenvalue weighted by atomic mass is 10.0. The summed E-state index contributed by atoms with van der Waals surface area (Å²) < 4.78 is 46.2. The van der Waals surface area contributed by atoms with Crippen LogP contribution in [0.3, 0.4) is 0 Å². The SMILES string of the molecule is O=S(=O)(N[C@@H]1CCCN(C[C@H]2CCOC2)C1)c1cccc(F)c1. The van der Waals surface area contributed by atoms with Gasteiger partial charge in [0.05, 0.1) is 11.5 Å². The number of hydrogen-bond acceptors (Lipinski definition) is 4. The molecule has 7 heteroatoms. The minimum atomic E-state index is -3.67. The molecular weight excluding hydrogens is 319 g/mol. The quantitative estimate of drug-likeness (QED) is 0.883. The molecule has 2 aliphatic heterocycles. The lowest BCUT2D eigenvalue weighted by Crippen LogP contribution is -2.48. The van der Waals surface area contributed by atoms with Gasteiger partial charge in [0.25, 0.3) is 0 Å². The van der Waals surface area contributed by atoms with E-state index in [4.69, 9.17) is 4.74 Å². The molecule has 3 rings (SSSR count). The summed E-state index contributed by atoms with van der Waals surface area (Å²) >= 11 is 0. The molecule has 0 amide bonds.